The van der Waals surface area contributed by atoms with Gasteiger partial charge in [-0.2, -0.15) is 0 Å². The molecule has 2 aromatic rings. The molecule has 0 aliphatic rings. The Hall–Kier alpha value is -2.03. The molecule has 0 amide bonds. The van der Waals surface area contributed by atoms with Crippen LogP contribution in [-0.2, 0) is 0 Å². The van der Waals surface area contributed by atoms with E-state index in [0.717, 1.165) is 23.4 Å². The maximum atomic E-state index is 13.3. The van der Waals surface area contributed by atoms with Gasteiger partial charge in [0.25, 0.3) is 0 Å². The summed E-state index contributed by atoms with van der Waals surface area (Å²) in [5, 5.41) is 3.37. The van der Waals surface area contributed by atoms with Crippen molar-refractivity contribution in [3.8, 4) is 5.75 Å². The summed E-state index contributed by atoms with van der Waals surface area (Å²) in [4.78, 5) is 0. The molecule has 0 radical (unpaired) electrons. The number of nitrogens with one attached hydrogen (secondary N) is 1. The van der Waals surface area contributed by atoms with Crippen molar-refractivity contribution in [2.45, 2.75) is 26.3 Å². The number of ether oxygens (including phenoxy) is 1. The first-order valence-electron chi connectivity index (χ1n) is 6.94. The fourth-order valence-corrected chi connectivity index (χ4v) is 2.02. The molecule has 1 N–H and O–H groups in total. The first kappa shape index (κ1) is 14.4. The van der Waals surface area contributed by atoms with Gasteiger partial charge in [-0.3, -0.25) is 0 Å². The van der Waals surface area contributed by atoms with Crippen molar-refractivity contribution in [1.29, 1.82) is 0 Å². The quantitative estimate of drug-likeness (QED) is 0.817. The van der Waals surface area contributed by atoms with E-state index >= 15 is 0 Å². The monoisotopic (exact) mass is 273 g/mol. The second-order valence-corrected chi connectivity index (χ2v) is 4.77. The molecule has 0 saturated carbocycles. The molecule has 0 bridgehead atoms. The Morgan fingerprint density at radius 2 is 1.95 bits per heavy atom. The predicted octanol–water partition coefficient (Wildman–Crippen LogP) is 4.79. The topological polar surface area (TPSA) is 21.3 Å². The molecule has 20 heavy (non-hydrogen) atoms. The van der Waals surface area contributed by atoms with Crippen LogP contribution >= 0.6 is 0 Å². The van der Waals surface area contributed by atoms with Crippen LogP contribution in [0.4, 0.5) is 10.1 Å². The fourth-order valence-electron chi connectivity index (χ4n) is 2.02. The highest BCUT2D eigenvalue weighted by atomic mass is 19.1. The predicted molar refractivity (Wildman–Crippen MR) is 80.7 cm³/mol. The fraction of sp³-hybridized carbons (Fsp3) is 0.294. The van der Waals surface area contributed by atoms with Gasteiger partial charge in [0.15, 0.2) is 0 Å². The SMILES string of the molecule is CCCOc1ccccc1NC(C)c1cccc(F)c1. The lowest BCUT2D eigenvalue weighted by Gasteiger charge is -2.18. The average molecular weight is 273 g/mol. The Morgan fingerprint density at radius 3 is 2.70 bits per heavy atom. The van der Waals surface area contributed by atoms with Crippen LogP contribution in [0, 0.1) is 5.82 Å². The number of halogens is 1. The molecule has 0 heterocycles. The van der Waals surface area contributed by atoms with Gasteiger partial charge in [-0.05, 0) is 43.2 Å². The smallest absolute Gasteiger partial charge is 0.142 e. The summed E-state index contributed by atoms with van der Waals surface area (Å²) >= 11 is 0. The average Bonchev–Trinajstić information content (AvgIpc) is 2.46. The zero-order valence-electron chi connectivity index (χ0n) is 11.9. The molecule has 2 aromatic carbocycles. The van der Waals surface area contributed by atoms with E-state index in [9.17, 15) is 4.39 Å². The van der Waals surface area contributed by atoms with Crippen LogP contribution in [0.5, 0.6) is 5.75 Å². The molecule has 2 rings (SSSR count). The van der Waals surface area contributed by atoms with E-state index in [4.69, 9.17) is 4.74 Å². The largest absolute Gasteiger partial charge is 0.491 e. The van der Waals surface area contributed by atoms with Gasteiger partial charge in [-0.15, -0.1) is 0 Å². The van der Waals surface area contributed by atoms with E-state index in [0.29, 0.717) is 6.61 Å². The van der Waals surface area contributed by atoms with Crippen molar-refractivity contribution in [1.82, 2.24) is 0 Å². The Bertz CT molecular complexity index is 556. The van der Waals surface area contributed by atoms with Gasteiger partial charge in [0, 0.05) is 6.04 Å². The second kappa shape index (κ2) is 6.94. The summed E-state index contributed by atoms with van der Waals surface area (Å²) in [5.41, 5.74) is 1.84. The molecule has 3 heteroatoms. The Kier molecular flexibility index (Phi) is 4.99. The molecule has 0 aliphatic carbocycles. The number of para-hydroxylation sites is 2. The van der Waals surface area contributed by atoms with E-state index in [1.165, 1.54) is 6.07 Å². The van der Waals surface area contributed by atoms with Crippen molar-refractivity contribution in [2.75, 3.05) is 11.9 Å². The van der Waals surface area contributed by atoms with Crippen LogP contribution in [0.3, 0.4) is 0 Å². The summed E-state index contributed by atoms with van der Waals surface area (Å²) in [6.45, 7) is 4.77. The Balaban J connectivity index is 2.13. The van der Waals surface area contributed by atoms with E-state index < -0.39 is 0 Å². The van der Waals surface area contributed by atoms with Crippen LogP contribution in [0.2, 0.25) is 0 Å². The molecule has 0 fully saturated rings. The van der Waals surface area contributed by atoms with Crippen LogP contribution in [0.15, 0.2) is 48.5 Å². The minimum atomic E-state index is -0.216. The van der Waals surface area contributed by atoms with Gasteiger partial charge in [-0.1, -0.05) is 31.2 Å². The third kappa shape index (κ3) is 3.73. The summed E-state index contributed by atoms with van der Waals surface area (Å²) in [5.74, 6) is 0.615. The molecule has 0 aliphatic heterocycles. The highest BCUT2D eigenvalue weighted by Gasteiger charge is 2.09. The minimum Gasteiger partial charge on any atom is -0.491 e. The lowest BCUT2D eigenvalue weighted by atomic mass is 10.1. The maximum absolute atomic E-state index is 13.3. The lowest BCUT2D eigenvalue weighted by molar-refractivity contribution is 0.318. The third-order valence-electron chi connectivity index (χ3n) is 3.07. The minimum absolute atomic E-state index is 0.0112. The number of hydrogen-bond acceptors (Lipinski definition) is 2. The van der Waals surface area contributed by atoms with Crippen LogP contribution in [0.25, 0.3) is 0 Å². The van der Waals surface area contributed by atoms with Crippen LogP contribution in [-0.4, -0.2) is 6.61 Å². The van der Waals surface area contributed by atoms with Crippen molar-refractivity contribution in [3.05, 3.63) is 59.9 Å². The van der Waals surface area contributed by atoms with E-state index in [-0.39, 0.29) is 11.9 Å². The summed E-state index contributed by atoms with van der Waals surface area (Å²) in [6, 6.07) is 14.5. The summed E-state index contributed by atoms with van der Waals surface area (Å²) in [6.07, 6.45) is 0.966. The standard InChI is InChI=1S/C17H20FNO/c1-3-11-20-17-10-5-4-9-16(17)19-13(2)14-7-6-8-15(18)12-14/h4-10,12-13,19H,3,11H2,1-2H3. The van der Waals surface area contributed by atoms with Gasteiger partial charge in [0.1, 0.15) is 11.6 Å². The first-order chi connectivity index (χ1) is 9.70. The Morgan fingerprint density at radius 1 is 1.15 bits per heavy atom. The van der Waals surface area contributed by atoms with Gasteiger partial charge in [0.05, 0.1) is 12.3 Å². The van der Waals surface area contributed by atoms with E-state index in [1.54, 1.807) is 12.1 Å². The third-order valence-corrected chi connectivity index (χ3v) is 3.07. The normalized spacial score (nSPS) is 11.9. The number of hydrogen-bond donors (Lipinski definition) is 1. The van der Waals surface area contributed by atoms with Gasteiger partial charge < -0.3 is 10.1 Å². The highest BCUT2D eigenvalue weighted by Crippen LogP contribution is 2.28. The Labute approximate surface area is 119 Å². The molecular formula is C17H20FNO. The zero-order chi connectivity index (χ0) is 14.4. The highest BCUT2D eigenvalue weighted by molar-refractivity contribution is 5.57. The van der Waals surface area contributed by atoms with Gasteiger partial charge in [-0.25, -0.2) is 4.39 Å². The number of benzene rings is 2. The number of rotatable bonds is 6. The maximum Gasteiger partial charge on any atom is 0.142 e. The van der Waals surface area contributed by atoms with E-state index in [1.807, 2.05) is 37.3 Å². The summed E-state index contributed by atoms with van der Waals surface area (Å²) in [7, 11) is 0. The van der Waals surface area contributed by atoms with Crippen molar-refractivity contribution >= 4 is 5.69 Å². The van der Waals surface area contributed by atoms with Gasteiger partial charge >= 0.3 is 0 Å². The zero-order valence-corrected chi connectivity index (χ0v) is 11.9. The molecule has 1 atom stereocenters. The van der Waals surface area contributed by atoms with Gasteiger partial charge in [0.2, 0.25) is 0 Å². The lowest BCUT2D eigenvalue weighted by Crippen LogP contribution is -2.08. The first-order valence-corrected chi connectivity index (χ1v) is 6.94. The van der Waals surface area contributed by atoms with Crippen molar-refractivity contribution < 1.29 is 9.13 Å². The van der Waals surface area contributed by atoms with Crippen LogP contribution in [0.1, 0.15) is 31.9 Å². The summed E-state index contributed by atoms with van der Waals surface area (Å²) < 4.78 is 19.0. The molecular weight excluding hydrogens is 253 g/mol. The molecule has 0 aromatic heterocycles. The second-order valence-electron chi connectivity index (χ2n) is 4.77. The molecule has 1 unspecified atom stereocenters. The molecule has 0 saturated heterocycles. The molecule has 0 spiro atoms. The van der Waals surface area contributed by atoms with Crippen molar-refractivity contribution in [2.24, 2.45) is 0 Å². The number of anilines is 1. The molecule has 2 nitrogen and oxygen atoms in total. The van der Waals surface area contributed by atoms with Crippen molar-refractivity contribution in [3.63, 3.8) is 0 Å². The van der Waals surface area contributed by atoms with Crippen LogP contribution < -0.4 is 10.1 Å². The molecule has 106 valence electrons. The van der Waals surface area contributed by atoms with E-state index in [2.05, 4.69) is 12.2 Å².